The zero-order valence-corrected chi connectivity index (χ0v) is 35.5. The topological polar surface area (TPSA) is 72.8 Å². The van der Waals surface area contributed by atoms with Crippen molar-refractivity contribution in [3.05, 3.63) is 60.8 Å². The average molecular weight is 755 g/mol. The van der Waals surface area contributed by atoms with Crippen LogP contribution in [-0.4, -0.2) is 36.4 Å². The van der Waals surface area contributed by atoms with E-state index in [-0.39, 0.29) is 25.2 Å². The van der Waals surface area contributed by atoms with E-state index in [2.05, 4.69) is 74.6 Å². The summed E-state index contributed by atoms with van der Waals surface area (Å²) in [4.78, 5) is 24.4. The fourth-order valence-corrected chi connectivity index (χ4v) is 6.41. The van der Waals surface area contributed by atoms with Crippen LogP contribution < -0.4 is 0 Å². The lowest BCUT2D eigenvalue weighted by molar-refractivity contribution is -0.161. The Morgan fingerprint density at radius 3 is 1.20 bits per heavy atom. The molecule has 0 saturated carbocycles. The molecule has 5 heteroatoms. The molecule has 0 rings (SSSR count). The van der Waals surface area contributed by atoms with Crippen molar-refractivity contribution >= 4 is 11.9 Å². The van der Waals surface area contributed by atoms with E-state index < -0.39 is 6.10 Å². The van der Waals surface area contributed by atoms with Crippen molar-refractivity contribution in [2.45, 2.75) is 225 Å². The van der Waals surface area contributed by atoms with Gasteiger partial charge in [0.1, 0.15) is 6.61 Å². The van der Waals surface area contributed by atoms with E-state index in [1.54, 1.807) is 0 Å². The second-order valence-electron chi connectivity index (χ2n) is 15.1. The van der Waals surface area contributed by atoms with Gasteiger partial charge in [-0.3, -0.25) is 9.59 Å². The van der Waals surface area contributed by atoms with Gasteiger partial charge < -0.3 is 14.6 Å². The lowest BCUT2D eigenvalue weighted by Crippen LogP contribution is -2.28. The molecule has 54 heavy (non-hydrogen) atoms. The van der Waals surface area contributed by atoms with Gasteiger partial charge in [-0.05, 0) is 57.8 Å². The highest BCUT2D eigenvalue weighted by atomic mass is 16.6. The molecule has 0 fully saturated rings. The first-order valence-electron chi connectivity index (χ1n) is 22.8. The predicted molar refractivity (Wildman–Crippen MR) is 233 cm³/mol. The van der Waals surface area contributed by atoms with E-state index in [9.17, 15) is 14.7 Å². The van der Waals surface area contributed by atoms with Crippen molar-refractivity contribution in [3.63, 3.8) is 0 Å². The number of allylic oxidation sites excluding steroid dienone is 10. The number of ether oxygens (including phenoxy) is 2. The molecule has 1 atom stereocenters. The molecule has 1 unspecified atom stereocenters. The number of aliphatic hydroxyl groups is 1. The fraction of sp³-hybridized carbons (Fsp3) is 0.755. The van der Waals surface area contributed by atoms with E-state index in [0.29, 0.717) is 12.8 Å². The smallest absolute Gasteiger partial charge is 0.306 e. The summed E-state index contributed by atoms with van der Waals surface area (Å²) in [7, 11) is 0. The van der Waals surface area contributed by atoms with Crippen molar-refractivity contribution < 1.29 is 24.2 Å². The summed E-state index contributed by atoms with van der Waals surface area (Å²) in [6.45, 7) is 4.01. The van der Waals surface area contributed by atoms with Crippen LogP contribution in [0.3, 0.4) is 0 Å². The first-order valence-corrected chi connectivity index (χ1v) is 22.8. The Morgan fingerprint density at radius 2 is 0.796 bits per heavy atom. The summed E-state index contributed by atoms with van der Waals surface area (Å²) in [5, 5.41) is 9.59. The van der Waals surface area contributed by atoms with Crippen molar-refractivity contribution in [3.8, 4) is 0 Å². The van der Waals surface area contributed by atoms with Gasteiger partial charge in [0.2, 0.25) is 0 Å². The molecule has 0 aromatic rings. The zero-order chi connectivity index (χ0) is 39.3. The molecule has 0 heterocycles. The average Bonchev–Trinajstić information content (AvgIpc) is 3.17. The Kier molecular flexibility index (Phi) is 43.0. The summed E-state index contributed by atoms with van der Waals surface area (Å²) in [5.74, 6) is -0.623. The quantitative estimate of drug-likeness (QED) is 0.0382. The van der Waals surface area contributed by atoms with Gasteiger partial charge in [-0.2, -0.15) is 0 Å². The predicted octanol–water partition coefficient (Wildman–Crippen LogP) is 14.7. The Hall–Kier alpha value is -2.40. The molecule has 0 aliphatic rings. The molecule has 0 aliphatic carbocycles. The summed E-state index contributed by atoms with van der Waals surface area (Å²) in [6, 6.07) is 0. The van der Waals surface area contributed by atoms with E-state index in [4.69, 9.17) is 9.47 Å². The molecule has 0 spiro atoms. The zero-order valence-electron chi connectivity index (χ0n) is 35.5. The van der Waals surface area contributed by atoms with Gasteiger partial charge in [0.15, 0.2) is 6.10 Å². The van der Waals surface area contributed by atoms with Gasteiger partial charge in [0.05, 0.1) is 6.61 Å². The first kappa shape index (κ1) is 51.6. The monoisotopic (exact) mass is 755 g/mol. The Labute approximate surface area is 334 Å². The minimum atomic E-state index is -0.789. The summed E-state index contributed by atoms with van der Waals surface area (Å²) in [6.07, 6.45) is 58.7. The Morgan fingerprint density at radius 1 is 0.444 bits per heavy atom. The highest BCUT2D eigenvalue weighted by molar-refractivity contribution is 5.70. The molecular formula is C49H86O5. The summed E-state index contributed by atoms with van der Waals surface area (Å²) >= 11 is 0. The molecule has 0 radical (unpaired) electrons. The van der Waals surface area contributed by atoms with E-state index in [0.717, 1.165) is 77.0 Å². The van der Waals surface area contributed by atoms with Crippen LogP contribution >= 0.6 is 0 Å². The maximum atomic E-state index is 12.2. The molecule has 5 nitrogen and oxygen atoms in total. The minimum Gasteiger partial charge on any atom is -0.462 e. The van der Waals surface area contributed by atoms with Gasteiger partial charge in [-0.25, -0.2) is 0 Å². The normalized spacial score (nSPS) is 12.7. The summed E-state index contributed by atoms with van der Waals surface area (Å²) in [5.41, 5.74) is 0. The van der Waals surface area contributed by atoms with Gasteiger partial charge in [0, 0.05) is 12.8 Å². The minimum absolute atomic E-state index is 0.0790. The van der Waals surface area contributed by atoms with Crippen LogP contribution in [0.25, 0.3) is 0 Å². The van der Waals surface area contributed by atoms with Gasteiger partial charge in [-0.15, -0.1) is 0 Å². The van der Waals surface area contributed by atoms with E-state index in [1.807, 2.05) is 0 Å². The van der Waals surface area contributed by atoms with Crippen molar-refractivity contribution in [1.29, 1.82) is 0 Å². The molecule has 312 valence electrons. The maximum absolute atomic E-state index is 12.2. The molecule has 0 saturated heterocycles. The SMILES string of the molecule is CCC=CCC=CCC=CCC=CCC=CCCCCCC(=O)OC(CO)COC(=O)CCCCCCCCCCCCCCCCCCCCCCC. The second-order valence-corrected chi connectivity index (χ2v) is 15.1. The number of rotatable bonds is 41. The molecule has 0 bridgehead atoms. The van der Waals surface area contributed by atoms with Crippen LogP contribution in [0.1, 0.15) is 219 Å². The van der Waals surface area contributed by atoms with Gasteiger partial charge in [0.25, 0.3) is 0 Å². The number of hydrogen-bond acceptors (Lipinski definition) is 5. The second kappa shape index (κ2) is 45.0. The molecule has 0 amide bonds. The lowest BCUT2D eigenvalue weighted by atomic mass is 10.0. The standard InChI is InChI=1S/C49H86O5/c1-3-5-7-9-11-13-15-17-19-21-23-24-26-27-29-31-33-35-37-39-41-43-48(51)53-46-47(45-50)54-49(52)44-42-40-38-36-34-32-30-28-25-22-20-18-16-14-12-10-8-6-4-2/h6,8,12,14,18,20,25,28,32,34,47,50H,3-5,7,9-11,13,15-17,19,21-24,26-27,29-31,33,35-46H2,1-2H3. The number of unbranched alkanes of at least 4 members (excludes halogenated alkanes) is 23. The van der Waals surface area contributed by atoms with Crippen molar-refractivity contribution in [2.75, 3.05) is 13.2 Å². The van der Waals surface area contributed by atoms with Gasteiger partial charge >= 0.3 is 11.9 Å². The van der Waals surface area contributed by atoms with Crippen LogP contribution in [0.15, 0.2) is 60.8 Å². The lowest BCUT2D eigenvalue weighted by Gasteiger charge is -2.15. The van der Waals surface area contributed by atoms with Crippen molar-refractivity contribution in [1.82, 2.24) is 0 Å². The maximum Gasteiger partial charge on any atom is 0.306 e. The largest absolute Gasteiger partial charge is 0.462 e. The Bertz CT molecular complexity index is 946. The number of hydrogen-bond donors (Lipinski definition) is 1. The third kappa shape index (κ3) is 42.3. The van der Waals surface area contributed by atoms with E-state index >= 15 is 0 Å². The molecule has 0 aromatic carbocycles. The highest BCUT2D eigenvalue weighted by Gasteiger charge is 2.16. The number of carbonyl (C=O) groups is 2. The van der Waals surface area contributed by atoms with E-state index in [1.165, 1.54) is 116 Å². The third-order valence-corrected chi connectivity index (χ3v) is 9.83. The van der Waals surface area contributed by atoms with Crippen LogP contribution in [0.4, 0.5) is 0 Å². The van der Waals surface area contributed by atoms with Gasteiger partial charge in [-0.1, -0.05) is 209 Å². The highest BCUT2D eigenvalue weighted by Crippen LogP contribution is 2.16. The number of aliphatic hydroxyl groups excluding tert-OH is 1. The Balaban J connectivity index is 3.56. The molecule has 0 aliphatic heterocycles. The summed E-state index contributed by atoms with van der Waals surface area (Å²) < 4.78 is 10.6. The van der Waals surface area contributed by atoms with Crippen LogP contribution in [0, 0.1) is 0 Å². The number of carbonyl (C=O) groups excluding carboxylic acids is 2. The number of esters is 2. The van der Waals surface area contributed by atoms with Crippen LogP contribution in [0.2, 0.25) is 0 Å². The van der Waals surface area contributed by atoms with Crippen molar-refractivity contribution in [2.24, 2.45) is 0 Å². The van der Waals surface area contributed by atoms with Crippen LogP contribution in [0.5, 0.6) is 0 Å². The fourth-order valence-electron chi connectivity index (χ4n) is 6.41. The van der Waals surface area contributed by atoms with Crippen LogP contribution in [-0.2, 0) is 19.1 Å². The third-order valence-electron chi connectivity index (χ3n) is 9.83. The molecular weight excluding hydrogens is 669 g/mol. The molecule has 0 aromatic heterocycles. The molecule has 1 N–H and O–H groups in total. The first-order chi connectivity index (χ1) is 26.6.